The minimum Gasteiger partial charge on any atom is -0.387 e. The summed E-state index contributed by atoms with van der Waals surface area (Å²) in [5, 5.41) is 16.3. The lowest BCUT2D eigenvalue weighted by atomic mass is 10.1. The second-order valence-corrected chi connectivity index (χ2v) is 4.17. The van der Waals surface area contributed by atoms with Crippen LogP contribution in [0.5, 0.6) is 0 Å². The van der Waals surface area contributed by atoms with Crippen molar-refractivity contribution < 1.29 is 5.11 Å². The van der Waals surface area contributed by atoms with Gasteiger partial charge in [0.25, 0.3) is 0 Å². The first kappa shape index (κ1) is 13.5. The minimum absolute atomic E-state index is 0.312. The van der Waals surface area contributed by atoms with Crippen LogP contribution in [-0.2, 0) is 0 Å². The van der Waals surface area contributed by atoms with Gasteiger partial charge in [0, 0.05) is 26.0 Å². The monoisotopic (exact) mass is 279 g/mol. The predicted molar refractivity (Wildman–Crippen MR) is 74.3 cm³/mol. The van der Waals surface area contributed by atoms with Crippen LogP contribution in [0.25, 0.3) is 0 Å². The quantitative estimate of drug-likeness (QED) is 0.723. The average Bonchev–Trinajstić information content (AvgIpc) is 2.45. The molecule has 0 saturated heterocycles. The van der Waals surface area contributed by atoms with Gasteiger partial charge in [-0.2, -0.15) is 0 Å². The second kappa shape index (κ2) is 6.31. The van der Waals surface area contributed by atoms with E-state index in [4.69, 9.17) is 11.6 Å². The Labute approximate surface area is 115 Å². The maximum Gasteiger partial charge on any atom is 0.157 e. The number of hydrogen-bond acceptors (Lipinski definition) is 6. The largest absolute Gasteiger partial charge is 0.387 e. The van der Waals surface area contributed by atoms with Crippen molar-refractivity contribution in [2.75, 3.05) is 24.2 Å². The standard InChI is InChI=1S/C12H14ClN5O/c1-14-10-11(13)17-7-18-12(10)16-6-9(19)8-2-4-15-5-3-8/h2-5,7,9,14,19H,6H2,1H3,(H,16,17,18). The Bertz CT molecular complexity index is 537. The molecule has 100 valence electrons. The smallest absolute Gasteiger partial charge is 0.157 e. The van der Waals surface area contributed by atoms with E-state index in [-0.39, 0.29) is 0 Å². The van der Waals surface area contributed by atoms with E-state index >= 15 is 0 Å². The van der Waals surface area contributed by atoms with Gasteiger partial charge in [0.2, 0.25) is 0 Å². The average molecular weight is 280 g/mol. The fourth-order valence-electron chi connectivity index (χ4n) is 1.62. The van der Waals surface area contributed by atoms with Crippen molar-refractivity contribution in [2.24, 2.45) is 0 Å². The molecule has 0 aliphatic carbocycles. The van der Waals surface area contributed by atoms with E-state index in [9.17, 15) is 5.11 Å². The molecule has 2 aromatic rings. The van der Waals surface area contributed by atoms with Crippen LogP contribution in [0.3, 0.4) is 0 Å². The van der Waals surface area contributed by atoms with Gasteiger partial charge >= 0.3 is 0 Å². The number of aromatic nitrogens is 3. The molecule has 2 rings (SSSR count). The molecule has 0 aliphatic heterocycles. The number of hydrogen-bond donors (Lipinski definition) is 3. The summed E-state index contributed by atoms with van der Waals surface area (Å²) in [6.07, 6.45) is 3.99. The number of halogens is 1. The molecule has 2 heterocycles. The number of aliphatic hydroxyl groups is 1. The van der Waals surface area contributed by atoms with Crippen molar-refractivity contribution in [2.45, 2.75) is 6.10 Å². The van der Waals surface area contributed by atoms with Gasteiger partial charge in [0.1, 0.15) is 12.0 Å². The van der Waals surface area contributed by atoms with Crippen LogP contribution in [0.15, 0.2) is 30.9 Å². The molecular formula is C12H14ClN5O. The van der Waals surface area contributed by atoms with Gasteiger partial charge in [0.15, 0.2) is 11.0 Å². The molecule has 2 aromatic heterocycles. The topological polar surface area (TPSA) is 83.0 Å². The maximum absolute atomic E-state index is 10.0. The summed E-state index contributed by atoms with van der Waals surface area (Å²) in [4.78, 5) is 11.9. The van der Waals surface area contributed by atoms with Crippen LogP contribution in [0.4, 0.5) is 11.5 Å². The van der Waals surface area contributed by atoms with Crippen LogP contribution < -0.4 is 10.6 Å². The molecule has 7 heteroatoms. The number of aliphatic hydroxyl groups excluding tert-OH is 1. The van der Waals surface area contributed by atoms with E-state index in [2.05, 4.69) is 25.6 Å². The Balaban J connectivity index is 2.05. The molecule has 0 fully saturated rings. The van der Waals surface area contributed by atoms with Crippen LogP contribution in [0, 0.1) is 0 Å². The summed E-state index contributed by atoms with van der Waals surface area (Å²) in [6, 6.07) is 3.52. The summed E-state index contributed by atoms with van der Waals surface area (Å²) in [5.74, 6) is 0.551. The minimum atomic E-state index is -0.651. The lowest BCUT2D eigenvalue weighted by molar-refractivity contribution is 0.191. The number of nitrogens with zero attached hydrogens (tertiary/aromatic N) is 3. The van der Waals surface area contributed by atoms with Crippen molar-refractivity contribution in [3.05, 3.63) is 41.6 Å². The van der Waals surface area contributed by atoms with Crippen LogP contribution in [0.2, 0.25) is 5.15 Å². The fraction of sp³-hybridized carbons (Fsp3) is 0.250. The van der Waals surface area contributed by atoms with E-state index in [1.54, 1.807) is 31.6 Å². The highest BCUT2D eigenvalue weighted by molar-refractivity contribution is 6.32. The van der Waals surface area contributed by atoms with Crippen LogP contribution in [-0.4, -0.2) is 33.7 Å². The number of rotatable bonds is 5. The van der Waals surface area contributed by atoms with E-state index in [1.807, 2.05) is 0 Å². The lowest BCUT2D eigenvalue weighted by Gasteiger charge is -2.14. The molecule has 0 aliphatic rings. The summed E-state index contributed by atoms with van der Waals surface area (Å²) < 4.78 is 0. The van der Waals surface area contributed by atoms with Crippen molar-refractivity contribution in [1.82, 2.24) is 15.0 Å². The number of pyridine rings is 1. The number of anilines is 2. The first-order chi connectivity index (χ1) is 9.22. The van der Waals surface area contributed by atoms with Gasteiger partial charge in [-0.25, -0.2) is 9.97 Å². The van der Waals surface area contributed by atoms with E-state index < -0.39 is 6.10 Å². The zero-order chi connectivity index (χ0) is 13.7. The van der Waals surface area contributed by atoms with E-state index in [0.29, 0.717) is 23.2 Å². The molecule has 6 nitrogen and oxygen atoms in total. The predicted octanol–water partition coefficient (Wildman–Crippen LogP) is 1.71. The normalized spacial score (nSPS) is 11.9. The van der Waals surface area contributed by atoms with E-state index in [1.165, 1.54) is 6.33 Å². The Hall–Kier alpha value is -1.92. The van der Waals surface area contributed by atoms with Crippen molar-refractivity contribution in [3.63, 3.8) is 0 Å². The molecule has 3 N–H and O–H groups in total. The number of nitrogens with one attached hydrogen (secondary N) is 2. The molecule has 0 bridgehead atoms. The SMILES string of the molecule is CNc1c(Cl)ncnc1NCC(O)c1ccncc1. The molecule has 1 unspecified atom stereocenters. The molecule has 0 amide bonds. The lowest BCUT2D eigenvalue weighted by Crippen LogP contribution is -2.14. The Kier molecular flexibility index (Phi) is 4.48. The third kappa shape index (κ3) is 3.30. The van der Waals surface area contributed by atoms with Gasteiger partial charge in [-0.3, -0.25) is 4.98 Å². The zero-order valence-corrected chi connectivity index (χ0v) is 11.1. The molecular weight excluding hydrogens is 266 g/mol. The third-order valence-electron chi connectivity index (χ3n) is 2.60. The zero-order valence-electron chi connectivity index (χ0n) is 10.3. The Morgan fingerprint density at radius 1 is 1.32 bits per heavy atom. The van der Waals surface area contributed by atoms with Gasteiger partial charge < -0.3 is 15.7 Å². The first-order valence-corrected chi connectivity index (χ1v) is 6.10. The highest BCUT2D eigenvalue weighted by Gasteiger charge is 2.11. The van der Waals surface area contributed by atoms with Gasteiger partial charge in [-0.1, -0.05) is 11.6 Å². The summed E-state index contributed by atoms with van der Waals surface area (Å²) in [7, 11) is 1.73. The van der Waals surface area contributed by atoms with Crippen molar-refractivity contribution in [3.8, 4) is 0 Å². The summed E-state index contributed by atoms with van der Waals surface area (Å²) >= 11 is 5.94. The fourth-order valence-corrected chi connectivity index (χ4v) is 1.84. The maximum atomic E-state index is 10.0. The van der Waals surface area contributed by atoms with Gasteiger partial charge in [-0.05, 0) is 17.7 Å². The first-order valence-electron chi connectivity index (χ1n) is 5.72. The molecule has 0 saturated carbocycles. The second-order valence-electron chi connectivity index (χ2n) is 3.82. The molecule has 0 radical (unpaired) electrons. The van der Waals surface area contributed by atoms with Crippen molar-refractivity contribution in [1.29, 1.82) is 0 Å². The summed E-state index contributed by atoms with van der Waals surface area (Å²) in [6.45, 7) is 0.312. The Morgan fingerprint density at radius 3 is 2.74 bits per heavy atom. The molecule has 0 spiro atoms. The van der Waals surface area contributed by atoms with Gasteiger partial charge in [0.05, 0.1) is 6.10 Å². The summed E-state index contributed by atoms with van der Waals surface area (Å²) in [5.41, 5.74) is 1.39. The van der Waals surface area contributed by atoms with E-state index in [0.717, 1.165) is 5.56 Å². The third-order valence-corrected chi connectivity index (χ3v) is 2.89. The molecule has 19 heavy (non-hydrogen) atoms. The highest BCUT2D eigenvalue weighted by atomic mass is 35.5. The van der Waals surface area contributed by atoms with Gasteiger partial charge in [-0.15, -0.1) is 0 Å². The Morgan fingerprint density at radius 2 is 2.05 bits per heavy atom. The molecule has 1 atom stereocenters. The highest BCUT2D eigenvalue weighted by Crippen LogP contribution is 2.25. The molecule has 0 aromatic carbocycles. The van der Waals surface area contributed by atoms with Crippen molar-refractivity contribution >= 4 is 23.1 Å². The van der Waals surface area contributed by atoms with Crippen LogP contribution in [0.1, 0.15) is 11.7 Å². The van der Waals surface area contributed by atoms with Crippen LogP contribution >= 0.6 is 11.6 Å².